The molecule has 0 aliphatic heterocycles. The zero-order valence-corrected chi connectivity index (χ0v) is 14.7. The van der Waals surface area contributed by atoms with Crippen LogP contribution in [0.25, 0.3) is 10.2 Å². The van der Waals surface area contributed by atoms with Gasteiger partial charge in [0, 0.05) is 6.07 Å². The van der Waals surface area contributed by atoms with E-state index in [0.717, 1.165) is 32.3 Å². The van der Waals surface area contributed by atoms with E-state index in [1.807, 2.05) is 38.2 Å². The summed E-state index contributed by atoms with van der Waals surface area (Å²) in [4.78, 5) is 17.7. The second-order valence-corrected chi connectivity index (χ2v) is 7.00. The molecule has 1 amide bonds. The molecule has 2 aromatic carbocycles. The SMILES string of the molecule is C[C@H](c1nc2ccccc2s1)[NH+](C)CC(=O)Nc1ccc(F)cc1F. The van der Waals surface area contributed by atoms with Crippen LogP contribution >= 0.6 is 11.3 Å². The van der Waals surface area contributed by atoms with Crippen molar-refractivity contribution in [3.8, 4) is 0 Å². The Bertz CT molecular complexity index is 879. The van der Waals surface area contributed by atoms with Crippen molar-refractivity contribution in [3.63, 3.8) is 0 Å². The average molecular weight is 362 g/mol. The van der Waals surface area contributed by atoms with Crippen LogP contribution in [0.5, 0.6) is 0 Å². The highest BCUT2D eigenvalue weighted by molar-refractivity contribution is 7.18. The van der Waals surface area contributed by atoms with Crippen LogP contribution in [0.15, 0.2) is 42.5 Å². The van der Waals surface area contributed by atoms with E-state index in [2.05, 4.69) is 10.3 Å². The van der Waals surface area contributed by atoms with E-state index >= 15 is 0 Å². The van der Waals surface area contributed by atoms with Gasteiger partial charge in [0.05, 0.1) is 23.0 Å². The van der Waals surface area contributed by atoms with Gasteiger partial charge in [-0.25, -0.2) is 13.8 Å². The van der Waals surface area contributed by atoms with Crippen LogP contribution in [0.3, 0.4) is 0 Å². The average Bonchev–Trinajstić information content (AvgIpc) is 3.00. The minimum atomic E-state index is -0.787. The summed E-state index contributed by atoms with van der Waals surface area (Å²) in [6.07, 6.45) is 0. The van der Waals surface area contributed by atoms with Crippen LogP contribution < -0.4 is 10.2 Å². The van der Waals surface area contributed by atoms with E-state index in [-0.39, 0.29) is 24.2 Å². The van der Waals surface area contributed by atoms with Crippen molar-refractivity contribution < 1.29 is 18.5 Å². The number of carbonyl (C=O) groups excluding carboxylic acids is 1. The highest BCUT2D eigenvalue weighted by Gasteiger charge is 2.22. The topological polar surface area (TPSA) is 46.4 Å². The molecule has 130 valence electrons. The van der Waals surface area contributed by atoms with E-state index in [1.165, 1.54) is 6.07 Å². The van der Waals surface area contributed by atoms with Gasteiger partial charge in [-0.1, -0.05) is 12.1 Å². The van der Waals surface area contributed by atoms with Gasteiger partial charge in [-0.05, 0) is 31.2 Å². The van der Waals surface area contributed by atoms with Crippen molar-refractivity contribution in [1.29, 1.82) is 0 Å². The molecule has 1 heterocycles. The smallest absolute Gasteiger partial charge is 0.279 e. The Balaban J connectivity index is 1.66. The Hall–Kier alpha value is -2.38. The minimum Gasteiger partial charge on any atom is -0.322 e. The second kappa shape index (κ2) is 7.25. The molecule has 1 unspecified atom stereocenters. The molecule has 7 heteroatoms. The lowest BCUT2D eigenvalue weighted by Crippen LogP contribution is -3.10. The molecule has 0 radical (unpaired) electrons. The summed E-state index contributed by atoms with van der Waals surface area (Å²) in [5.41, 5.74) is 0.923. The largest absolute Gasteiger partial charge is 0.322 e. The molecule has 0 saturated carbocycles. The molecule has 3 rings (SSSR count). The lowest BCUT2D eigenvalue weighted by molar-refractivity contribution is -0.902. The molecule has 0 aliphatic carbocycles. The summed E-state index contributed by atoms with van der Waals surface area (Å²) in [7, 11) is 1.89. The molecule has 1 aromatic heterocycles. The van der Waals surface area contributed by atoms with Crippen LogP contribution in [0.1, 0.15) is 18.0 Å². The van der Waals surface area contributed by atoms with Crippen molar-refractivity contribution in [2.24, 2.45) is 0 Å². The van der Waals surface area contributed by atoms with Gasteiger partial charge in [-0.15, -0.1) is 11.3 Å². The number of nitrogens with zero attached hydrogens (tertiary/aromatic N) is 1. The molecule has 0 saturated heterocycles. The highest BCUT2D eigenvalue weighted by atomic mass is 32.1. The normalized spacial score (nSPS) is 13.6. The molecule has 0 spiro atoms. The lowest BCUT2D eigenvalue weighted by atomic mass is 10.2. The first kappa shape index (κ1) is 17.4. The fourth-order valence-electron chi connectivity index (χ4n) is 2.48. The predicted octanol–water partition coefficient (Wildman–Crippen LogP) is 2.79. The monoisotopic (exact) mass is 362 g/mol. The van der Waals surface area contributed by atoms with Crippen molar-refractivity contribution >= 4 is 33.1 Å². The van der Waals surface area contributed by atoms with Crippen molar-refractivity contribution in [2.75, 3.05) is 18.9 Å². The van der Waals surface area contributed by atoms with E-state index in [4.69, 9.17) is 0 Å². The second-order valence-electron chi connectivity index (χ2n) is 5.94. The van der Waals surface area contributed by atoms with E-state index in [9.17, 15) is 13.6 Å². The number of halogens is 2. The Morgan fingerprint density at radius 2 is 2.04 bits per heavy atom. The Morgan fingerprint density at radius 3 is 2.76 bits per heavy atom. The molecular weight excluding hydrogens is 344 g/mol. The van der Waals surface area contributed by atoms with Gasteiger partial charge < -0.3 is 10.2 Å². The van der Waals surface area contributed by atoms with E-state index in [0.29, 0.717) is 0 Å². The number of quaternary nitrogens is 1. The lowest BCUT2D eigenvalue weighted by Gasteiger charge is -2.19. The highest BCUT2D eigenvalue weighted by Crippen LogP contribution is 2.24. The third-order valence-corrected chi connectivity index (χ3v) is 5.28. The number of anilines is 1. The van der Waals surface area contributed by atoms with Crippen LogP contribution in [-0.4, -0.2) is 24.5 Å². The summed E-state index contributed by atoms with van der Waals surface area (Å²) >= 11 is 1.60. The van der Waals surface area contributed by atoms with E-state index < -0.39 is 11.6 Å². The molecule has 0 bridgehead atoms. The fourth-order valence-corrected chi connectivity index (χ4v) is 3.59. The Labute approximate surface area is 148 Å². The van der Waals surface area contributed by atoms with Gasteiger partial charge in [0.1, 0.15) is 17.7 Å². The number of nitrogens with one attached hydrogen (secondary N) is 2. The first-order chi connectivity index (χ1) is 11.9. The molecule has 0 fully saturated rings. The molecular formula is C18H18F2N3OS+. The molecule has 25 heavy (non-hydrogen) atoms. The van der Waals surface area contributed by atoms with Crippen LogP contribution in [-0.2, 0) is 4.79 Å². The van der Waals surface area contributed by atoms with Gasteiger partial charge in [0.2, 0.25) is 0 Å². The predicted molar refractivity (Wildman–Crippen MR) is 94.8 cm³/mol. The maximum atomic E-state index is 13.6. The molecule has 4 nitrogen and oxygen atoms in total. The molecule has 2 N–H and O–H groups in total. The minimum absolute atomic E-state index is 0.0150. The summed E-state index contributed by atoms with van der Waals surface area (Å²) < 4.78 is 27.6. The standard InChI is InChI=1S/C18H17F2N3OS/c1-11(18-22-15-5-3-4-6-16(15)25-18)23(2)10-17(24)21-14-8-7-12(19)9-13(14)20/h3-9,11H,10H2,1-2H3,(H,21,24)/p+1/t11-/m1/s1. The zero-order valence-electron chi connectivity index (χ0n) is 13.8. The number of fused-ring (bicyclic) bond motifs is 1. The van der Waals surface area contributed by atoms with Gasteiger partial charge in [0.25, 0.3) is 5.91 Å². The van der Waals surface area contributed by atoms with Crippen molar-refractivity contribution in [1.82, 2.24) is 4.98 Å². The third kappa shape index (κ3) is 4.00. The number of rotatable bonds is 5. The number of amides is 1. The molecule has 2 atom stereocenters. The number of thiazole rings is 1. The molecule has 3 aromatic rings. The number of hydrogen-bond donors (Lipinski definition) is 2. The number of benzene rings is 2. The van der Waals surface area contributed by atoms with Gasteiger partial charge >= 0.3 is 0 Å². The number of hydrogen-bond acceptors (Lipinski definition) is 3. The Kier molecular flexibility index (Phi) is 5.06. The quantitative estimate of drug-likeness (QED) is 0.733. The molecule has 0 aliphatic rings. The van der Waals surface area contributed by atoms with Crippen LogP contribution in [0.4, 0.5) is 14.5 Å². The first-order valence-corrected chi connectivity index (χ1v) is 8.68. The van der Waals surface area contributed by atoms with E-state index in [1.54, 1.807) is 11.3 Å². The van der Waals surface area contributed by atoms with Crippen LogP contribution in [0, 0.1) is 11.6 Å². The number of aromatic nitrogens is 1. The summed E-state index contributed by atoms with van der Waals surface area (Å²) in [5.74, 6) is -1.80. The summed E-state index contributed by atoms with van der Waals surface area (Å²) in [6, 6.07) is 11.0. The Morgan fingerprint density at radius 1 is 1.28 bits per heavy atom. The third-order valence-electron chi connectivity index (χ3n) is 4.06. The van der Waals surface area contributed by atoms with Crippen molar-refractivity contribution in [3.05, 3.63) is 59.1 Å². The van der Waals surface area contributed by atoms with Gasteiger partial charge in [0.15, 0.2) is 11.6 Å². The first-order valence-electron chi connectivity index (χ1n) is 7.86. The number of para-hydroxylation sites is 1. The van der Waals surface area contributed by atoms with Gasteiger partial charge in [-0.2, -0.15) is 0 Å². The van der Waals surface area contributed by atoms with Crippen LogP contribution in [0.2, 0.25) is 0 Å². The zero-order chi connectivity index (χ0) is 18.0. The maximum absolute atomic E-state index is 13.6. The fraction of sp³-hybridized carbons (Fsp3) is 0.222. The number of likely N-dealkylation sites (N-methyl/N-ethyl adjacent to an activating group) is 1. The summed E-state index contributed by atoms with van der Waals surface area (Å²) in [6.45, 7) is 2.15. The number of carbonyl (C=O) groups is 1. The summed E-state index contributed by atoms with van der Waals surface area (Å²) in [5, 5.41) is 3.43. The van der Waals surface area contributed by atoms with Crippen molar-refractivity contribution in [2.45, 2.75) is 13.0 Å². The van der Waals surface area contributed by atoms with Gasteiger partial charge in [-0.3, -0.25) is 4.79 Å². The maximum Gasteiger partial charge on any atom is 0.279 e.